The van der Waals surface area contributed by atoms with E-state index < -0.39 is 54.4 Å². The lowest BCUT2D eigenvalue weighted by Gasteiger charge is -2.41. The molecule has 5 atom stereocenters. The highest BCUT2D eigenvalue weighted by molar-refractivity contribution is 5.91. The highest BCUT2D eigenvalue weighted by atomic mass is 16.8. The second kappa shape index (κ2) is 11.4. The van der Waals surface area contributed by atoms with E-state index in [9.17, 15) is 14.4 Å². The van der Waals surface area contributed by atoms with Crippen molar-refractivity contribution in [3.63, 3.8) is 0 Å². The summed E-state index contributed by atoms with van der Waals surface area (Å²) in [6.07, 6.45) is -5.24. The van der Waals surface area contributed by atoms with Gasteiger partial charge < -0.3 is 28.4 Å². The van der Waals surface area contributed by atoms with Gasteiger partial charge in [-0.1, -0.05) is 54.6 Å². The normalized spacial score (nSPS) is 25.2. The van der Waals surface area contributed by atoms with E-state index in [0.29, 0.717) is 11.1 Å². The summed E-state index contributed by atoms with van der Waals surface area (Å²) in [5.41, 5.74) is 0.938. The summed E-state index contributed by atoms with van der Waals surface area (Å²) < 4.78 is 35.4. The largest absolute Gasteiger partial charge is 0.459 e. The van der Waals surface area contributed by atoms with E-state index in [4.69, 9.17) is 28.4 Å². The van der Waals surface area contributed by atoms with Gasteiger partial charge in [-0.3, -0.25) is 0 Å². The molecule has 0 unspecified atom stereocenters. The predicted molar refractivity (Wildman–Crippen MR) is 137 cm³/mol. The van der Waals surface area contributed by atoms with Gasteiger partial charge in [0.2, 0.25) is 0 Å². The molecular formula is C30H28O9. The van der Waals surface area contributed by atoms with Crippen molar-refractivity contribution in [2.24, 2.45) is 0 Å². The lowest BCUT2D eigenvalue weighted by atomic mass is 9.98. The quantitative estimate of drug-likeness (QED) is 0.327. The van der Waals surface area contributed by atoms with E-state index in [1.54, 1.807) is 105 Å². The molecule has 39 heavy (non-hydrogen) atoms. The minimum atomic E-state index is -1.19. The van der Waals surface area contributed by atoms with Crippen molar-refractivity contribution in [2.45, 2.75) is 50.3 Å². The Morgan fingerprint density at radius 2 is 1.13 bits per heavy atom. The molecule has 5 rings (SSSR count). The van der Waals surface area contributed by atoms with Crippen LogP contribution in [0.5, 0.6) is 0 Å². The van der Waals surface area contributed by atoms with Crippen LogP contribution in [0, 0.1) is 0 Å². The molecule has 3 aromatic rings. The van der Waals surface area contributed by atoms with Crippen molar-refractivity contribution in [1.82, 2.24) is 0 Å². The van der Waals surface area contributed by atoms with Crippen molar-refractivity contribution >= 4 is 17.9 Å². The number of hydrogen-bond acceptors (Lipinski definition) is 9. The van der Waals surface area contributed by atoms with Crippen LogP contribution in [0.2, 0.25) is 0 Å². The van der Waals surface area contributed by atoms with Gasteiger partial charge in [0.05, 0.1) is 16.7 Å². The molecule has 9 heteroatoms. The summed E-state index contributed by atoms with van der Waals surface area (Å²) in [6.45, 7) is 3.09. The molecule has 2 saturated heterocycles. The summed E-state index contributed by atoms with van der Waals surface area (Å²) in [5, 5.41) is 0. The fourth-order valence-electron chi connectivity index (χ4n) is 4.49. The highest BCUT2D eigenvalue weighted by Gasteiger charge is 2.58. The fourth-order valence-corrected chi connectivity index (χ4v) is 4.49. The Balaban J connectivity index is 1.44. The fraction of sp³-hybridized carbons (Fsp3) is 0.300. The van der Waals surface area contributed by atoms with Crippen LogP contribution >= 0.6 is 0 Å². The Bertz CT molecular complexity index is 1290. The third-order valence-corrected chi connectivity index (χ3v) is 6.30. The number of carbonyl (C=O) groups excluding carboxylic acids is 3. The number of esters is 3. The zero-order chi connectivity index (χ0) is 27.4. The van der Waals surface area contributed by atoms with E-state index in [2.05, 4.69) is 0 Å². The van der Waals surface area contributed by atoms with Gasteiger partial charge in [-0.25, -0.2) is 14.4 Å². The van der Waals surface area contributed by atoms with E-state index in [-0.39, 0.29) is 12.2 Å². The topological polar surface area (TPSA) is 107 Å². The van der Waals surface area contributed by atoms with Gasteiger partial charge in [-0.15, -0.1) is 0 Å². The zero-order valence-electron chi connectivity index (χ0n) is 21.4. The first kappa shape index (κ1) is 26.6. The van der Waals surface area contributed by atoms with Crippen LogP contribution in [0.1, 0.15) is 44.9 Å². The molecule has 2 aliphatic rings. The first-order chi connectivity index (χ1) is 18.8. The van der Waals surface area contributed by atoms with Crippen LogP contribution in [0.4, 0.5) is 0 Å². The maximum atomic E-state index is 13.1. The average Bonchev–Trinajstić information content (AvgIpc) is 3.28. The number of benzene rings is 3. The summed E-state index contributed by atoms with van der Waals surface area (Å²) in [4.78, 5) is 39.0. The average molecular weight is 533 g/mol. The second-order valence-electron chi connectivity index (χ2n) is 9.58. The molecule has 0 aromatic heterocycles. The molecule has 0 N–H and O–H groups in total. The van der Waals surface area contributed by atoms with Crippen molar-refractivity contribution in [1.29, 1.82) is 0 Å². The van der Waals surface area contributed by atoms with E-state index in [1.807, 2.05) is 0 Å². The molecule has 202 valence electrons. The molecule has 9 nitrogen and oxygen atoms in total. The lowest BCUT2D eigenvalue weighted by Crippen LogP contribution is -2.60. The van der Waals surface area contributed by atoms with Gasteiger partial charge >= 0.3 is 17.9 Å². The van der Waals surface area contributed by atoms with Crippen LogP contribution in [0.3, 0.4) is 0 Å². The third-order valence-electron chi connectivity index (χ3n) is 6.30. The van der Waals surface area contributed by atoms with Crippen molar-refractivity contribution in [3.8, 4) is 0 Å². The molecule has 0 aliphatic carbocycles. The van der Waals surface area contributed by atoms with Gasteiger partial charge in [0.1, 0.15) is 12.7 Å². The Morgan fingerprint density at radius 3 is 1.64 bits per heavy atom. The molecule has 0 radical (unpaired) electrons. The second-order valence-corrected chi connectivity index (χ2v) is 9.58. The maximum absolute atomic E-state index is 13.1. The Labute approximate surface area is 225 Å². The number of hydrogen-bond donors (Lipinski definition) is 0. The van der Waals surface area contributed by atoms with Crippen molar-refractivity contribution in [2.75, 3.05) is 6.61 Å². The minimum absolute atomic E-state index is 0.289. The van der Waals surface area contributed by atoms with Crippen LogP contribution in [-0.2, 0) is 28.4 Å². The molecule has 2 heterocycles. The zero-order valence-corrected chi connectivity index (χ0v) is 21.4. The number of rotatable bonds is 7. The maximum Gasteiger partial charge on any atom is 0.338 e. The molecule has 2 fully saturated rings. The number of ether oxygens (including phenoxy) is 6. The molecule has 0 spiro atoms. The predicted octanol–water partition coefficient (Wildman–Crippen LogP) is 4.17. The Kier molecular flexibility index (Phi) is 7.74. The summed E-state index contributed by atoms with van der Waals surface area (Å²) in [6, 6.07) is 25.2. The molecule has 0 saturated carbocycles. The van der Waals surface area contributed by atoms with E-state index in [0.717, 1.165) is 0 Å². The van der Waals surface area contributed by atoms with Gasteiger partial charge in [0.25, 0.3) is 0 Å². The highest BCUT2D eigenvalue weighted by Crippen LogP contribution is 2.39. The van der Waals surface area contributed by atoms with E-state index >= 15 is 0 Å². The van der Waals surface area contributed by atoms with Crippen LogP contribution in [-0.4, -0.2) is 61.0 Å². The molecule has 2 aliphatic heterocycles. The van der Waals surface area contributed by atoms with Gasteiger partial charge in [-0.2, -0.15) is 0 Å². The van der Waals surface area contributed by atoms with Crippen molar-refractivity contribution < 1.29 is 42.8 Å². The summed E-state index contributed by atoms with van der Waals surface area (Å²) >= 11 is 0. The summed E-state index contributed by atoms with van der Waals surface area (Å²) in [7, 11) is 0. The Hall–Kier alpha value is -4.05. The van der Waals surface area contributed by atoms with Gasteiger partial charge in [0, 0.05) is 0 Å². The molecule has 3 aromatic carbocycles. The molecule has 0 bridgehead atoms. The van der Waals surface area contributed by atoms with Gasteiger partial charge in [-0.05, 0) is 50.2 Å². The first-order valence-electron chi connectivity index (χ1n) is 12.6. The summed E-state index contributed by atoms with van der Waals surface area (Å²) in [5.74, 6) is -2.97. The smallest absolute Gasteiger partial charge is 0.338 e. The third kappa shape index (κ3) is 6.17. The van der Waals surface area contributed by atoms with E-state index in [1.165, 1.54) is 0 Å². The number of fused-ring (bicyclic) bond motifs is 1. The standard InChI is InChI=1S/C30H28O9/c1-30(2)38-25-24(37-28(33)21-16-10-5-11-17-21)23(36-27(32)20-14-8-4-9-15-20)22(35-29(25)39-30)18-34-26(31)19-12-6-3-7-13-19/h3-17,22-25,29H,18H2,1-2H3/t22-,23+,24+,25-,29+/m0/s1. The van der Waals surface area contributed by atoms with Crippen LogP contribution in [0.15, 0.2) is 91.0 Å². The van der Waals surface area contributed by atoms with Crippen molar-refractivity contribution in [3.05, 3.63) is 108 Å². The van der Waals surface area contributed by atoms with Crippen LogP contribution < -0.4 is 0 Å². The first-order valence-corrected chi connectivity index (χ1v) is 12.6. The van der Waals surface area contributed by atoms with Gasteiger partial charge in [0.15, 0.2) is 30.4 Å². The monoisotopic (exact) mass is 532 g/mol. The van der Waals surface area contributed by atoms with Crippen LogP contribution in [0.25, 0.3) is 0 Å². The lowest BCUT2D eigenvalue weighted by molar-refractivity contribution is -0.255. The molecular weight excluding hydrogens is 504 g/mol. The number of carbonyl (C=O) groups is 3. The Morgan fingerprint density at radius 1 is 0.667 bits per heavy atom. The molecule has 0 amide bonds. The minimum Gasteiger partial charge on any atom is -0.459 e. The SMILES string of the molecule is CC1(C)O[C@H]2O[C@@H](COC(=O)c3ccccc3)[C@@H](OC(=O)c3ccccc3)[C@@H](OC(=O)c3ccccc3)[C@@H]2O1.